The van der Waals surface area contributed by atoms with E-state index in [0.29, 0.717) is 40.2 Å². The van der Waals surface area contributed by atoms with E-state index in [9.17, 15) is 5.11 Å². The number of methoxy groups -OCH3 is 3. The lowest BCUT2D eigenvalue weighted by Gasteiger charge is -2.37. The minimum Gasteiger partial charge on any atom is -0.504 e. The first-order valence-corrected chi connectivity index (χ1v) is 15.5. The van der Waals surface area contributed by atoms with E-state index in [1.807, 2.05) is 24.3 Å². The van der Waals surface area contributed by atoms with Crippen LogP contribution in [-0.4, -0.2) is 63.4 Å². The van der Waals surface area contributed by atoms with E-state index in [2.05, 4.69) is 54.2 Å². The highest BCUT2D eigenvalue weighted by Crippen LogP contribution is 2.51. The molecule has 4 aliphatic heterocycles. The van der Waals surface area contributed by atoms with Crippen LogP contribution in [0.25, 0.3) is 0 Å². The second-order valence-corrected chi connectivity index (χ2v) is 12.3. The van der Waals surface area contributed by atoms with E-state index in [0.717, 1.165) is 55.5 Å². The third kappa shape index (κ3) is 5.32. The summed E-state index contributed by atoms with van der Waals surface area (Å²) >= 11 is 0. The fourth-order valence-corrected chi connectivity index (χ4v) is 7.11. The Balaban J connectivity index is 1.46. The first-order chi connectivity index (χ1) is 21.9. The first-order valence-electron chi connectivity index (χ1n) is 15.5. The summed E-state index contributed by atoms with van der Waals surface area (Å²) in [5.41, 5.74) is 6.93. The Bertz CT molecular complexity index is 1740. The molecule has 8 nitrogen and oxygen atoms in total. The van der Waals surface area contributed by atoms with Crippen molar-refractivity contribution in [3.63, 3.8) is 0 Å². The molecule has 8 heteroatoms. The van der Waals surface area contributed by atoms with Crippen molar-refractivity contribution < 1.29 is 28.8 Å². The second-order valence-electron chi connectivity index (χ2n) is 12.3. The molecule has 45 heavy (non-hydrogen) atoms. The van der Waals surface area contributed by atoms with Crippen molar-refractivity contribution in [1.29, 1.82) is 0 Å². The van der Waals surface area contributed by atoms with Gasteiger partial charge in [0, 0.05) is 30.7 Å². The van der Waals surface area contributed by atoms with Crippen LogP contribution in [0.4, 0.5) is 0 Å². The summed E-state index contributed by atoms with van der Waals surface area (Å²) in [5, 5.41) is 10.7. The highest BCUT2D eigenvalue weighted by Gasteiger charge is 2.34. The van der Waals surface area contributed by atoms with Crippen LogP contribution >= 0.6 is 0 Å². The van der Waals surface area contributed by atoms with Gasteiger partial charge in [-0.3, -0.25) is 9.80 Å². The summed E-state index contributed by atoms with van der Waals surface area (Å²) in [6, 6.07) is 20.2. The van der Waals surface area contributed by atoms with Crippen LogP contribution in [0.5, 0.6) is 46.0 Å². The van der Waals surface area contributed by atoms with E-state index in [4.69, 9.17) is 23.7 Å². The Morgan fingerprint density at radius 3 is 2.09 bits per heavy atom. The SMILES string of the molecule is COc1cc2c3cc1Oc1c(OC)c(OC)cc4c1C(Cc1ccc(cc1)Oc1cc(ccc1O)C[C@@H]3N(C)CC2)N(C)CC4. The van der Waals surface area contributed by atoms with Crippen LogP contribution < -0.4 is 23.7 Å². The Kier molecular flexibility index (Phi) is 7.71. The van der Waals surface area contributed by atoms with Crippen molar-refractivity contribution >= 4 is 0 Å². The number of likely N-dealkylation sites (N-methyl/N-ethyl adjacent to an activating group) is 2. The molecule has 0 radical (unpaired) electrons. The first kappa shape index (κ1) is 29.3. The monoisotopic (exact) mass is 608 g/mol. The lowest BCUT2D eigenvalue weighted by molar-refractivity contribution is 0.220. The van der Waals surface area contributed by atoms with E-state index < -0.39 is 0 Å². The summed E-state index contributed by atoms with van der Waals surface area (Å²) in [7, 11) is 9.34. The number of aromatic hydroxyl groups is 1. The molecule has 1 N–H and O–H groups in total. The van der Waals surface area contributed by atoms with Crippen LogP contribution in [0.1, 0.15) is 45.5 Å². The van der Waals surface area contributed by atoms with Crippen LogP contribution in [0.3, 0.4) is 0 Å². The largest absolute Gasteiger partial charge is 0.504 e. The molecule has 0 saturated heterocycles. The summed E-state index contributed by atoms with van der Waals surface area (Å²) in [4.78, 5) is 4.75. The molecule has 0 aromatic heterocycles. The van der Waals surface area contributed by atoms with Gasteiger partial charge in [0.05, 0.1) is 21.3 Å². The zero-order valence-corrected chi connectivity index (χ0v) is 26.6. The van der Waals surface area contributed by atoms with Gasteiger partial charge in [-0.1, -0.05) is 18.2 Å². The van der Waals surface area contributed by atoms with E-state index in [1.165, 1.54) is 16.7 Å². The number of rotatable bonds is 3. The summed E-state index contributed by atoms with van der Waals surface area (Å²) < 4.78 is 31.0. The second kappa shape index (κ2) is 11.8. The van der Waals surface area contributed by atoms with Gasteiger partial charge in [0.1, 0.15) is 5.75 Å². The molecule has 1 unspecified atom stereocenters. The Hall–Kier alpha value is -4.40. The molecule has 4 aromatic carbocycles. The maximum Gasteiger partial charge on any atom is 0.204 e. The normalized spacial score (nSPS) is 19.4. The lowest BCUT2D eigenvalue weighted by atomic mass is 9.87. The third-order valence-electron chi connectivity index (χ3n) is 9.64. The molecular formula is C37H40N2O6. The van der Waals surface area contributed by atoms with Gasteiger partial charge in [0.15, 0.2) is 34.5 Å². The summed E-state index contributed by atoms with van der Waals surface area (Å²) in [6.45, 7) is 1.82. The molecule has 0 saturated carbocycles. The number of hydrogen-bond donors (Lipinski definition) is 1. The van der Waals surface area contributed by atoms with E-state index in [1.54, 1.807) is 27.4 Å². The van der Waals surface area contributed by atoms with Crippen LogP contribution in [0, 0.1) is 0 Å². The van der Waals surface area contributed by atoms with Crippen LogP contribution in [0.2, 0.25) is 0 Å². The molecular weight excluding hydrogens is 568 g/mol. The third-order valence-corrected chi connectivity index (χ3v) is 9.64. The van der Waals surface area contributed by atoms with Crippen molar-refractivity contribution in [2.24, 2.45) is 0 Å². The molecule has 4 heterocycles. The lowest BCUT2D eigenvalue weighted by Crippen LogP contribution is -2.34. The van der Waals surface area contributed by atoms with Crippen LogP contribution in [-0.2, 0) is 25.7 Å². The molecule has 0 spiro atoms. The van der Waals surface area contributed by atoms with Gasteiger partial charge >= 0.3 is 0 Å². The number of nitrogens with zero attached hydrogens (tertiary/aromatic N) is 2. The molecule has 4 aromatic rings. The maximum absolute atomic E-state index is 10.7. The smallest absolute Gasteiger partial charge is 0.204 e. The fourth-order valence-electron chi connectivity index (χ4n) is 7.11. The van der Waals surface area contributed by atoms with Crippen molar-refractivity contribution in [2.75, 3.05) is 48.5 Å². The van der Waals surface area contributed by atoms with Crippen LogP contribution in [0.15, 0.2) is 60.7 Å². The van der Waals surface area contributed by atoms with Gasteiger partial charge in [0.25, 0.3) is 0 Å². The highest BCUT2D eigenvalue weighted by atomic mass is 16.5. The molecule has 4 aliphatic rings. The zero-order chi connectivity index (χ0) is 31.2. The number of benzene rings is 4. The molecule has 0 fully saturated rings. The zero-order valence-electron chi connectivity index (χ0n) is 26.6. The average molecular weight is 609 g/mol. The number of phenolic OH excluding ortho intramolecular Hbond substituents is 1. The van der Waals surface area contributed by atoms with Gasteiger partial charge in [-0.05, 0) is 110 Å². The predicted octanol–water partition coefficient (Wildman–Crippen LogP) is 6.86. The topological polar surface area (TPSA) is 72.9 Å². The maximum atomic E-state index is 10.7. The summed E-state index contributed by atoms with van der Waals surface area (Å²) in [5.74, 6) is 4.44. The number of ether oxygens (including phenoxy) is 5. The molecule has 0 aliphatic carbocycles. The van der Waals surface area contributed by atoms with Gasteiger partial charge < -0.3 is 28.8 Å². The molecule has 6 bridgehead atoms. The van der Waals surface area contributed by atoms with Gasteiger partial charge in [0.2, 0.25) is 5.75 Å². The Morgan fingerprint density at radius 1 is 0.689 bits per heavy atom. The number of hydrogen-bond acceptors (Lipinski definition) is 8. The molecule has 8 rings (SSSR count). The van der Waals surface area contributed by atoms with Crippen molar-refractivity contribution in [2.45, 2.75) is 37.8 Å². The predicted molar refractivity (Wildman–Crippen MR) is 173 cm³/mol. The van der Waals surface area contributed by atoms with Gasteiger partial charge in [-0.2, -0.15) is 0 Å². The summed E-state index contributed by atoms with van der Waals surface area (Å²) in [6.07, 6.45) is 3.25. The quantitative estimate of drug-likeness (QED) is 0.271. The van der Waals surface area contributed by atoms with E-state index in [-0.39, 0.29) is 17.8 Å². The van der Waals surface area contributed by atoms with E-state index >= 15 is 0 Å². The van der Waals surface area contributed by atoms with Gasteiger partial charge in [-0.15, -0.1) is 0 Å². The van der Waals surface area contributed by atoms with Gasteiger partial charge in [-0.25, -0.2) is 0 Å². The van der Waals surface area contributed by atoms with Crippen molar-refractivity contribution in [1.82, 2.24) is 9.80 Å². The van der Waals surface area contributed by atoms with Crippen molar-refractivity contribution in [3.05, 3.63) is 94.0 Å². The molecule has 234 valence electrons. The Labute approximate surface area is 264 Å². The number of fused-ring (bicyclic) bond motifs is 2. The highest BCUT2D eigenvalue weighted by molar-refractivity contribution is 5.63. The Morgan fingerprint density at radius 2 is 1.36 bits per heavy atom. The molecule has 0 amide bonds. The molecule has 2 atom stereocenters. The van der Waals surface area contributed by atoms with Crippen molar-refractivity contribution in [3.8, 4) is 46.0 Å². The standard InChI is InChI=1S/C37H40N2O6/c1-38-14-12-24-19-32(41-3)33-21-27(24)28(38)17-23-8-11-30(40)31(18-23)44-26-9-6-22(7-10-26)16-29-35-25(13-15-39(29)2)20-34(42-4)36(43-5)37(35)45-33/h6-11,18-21,28-29,40H,12-17H2,1-5H3/t28-,29?/m0/s1. The fraction of sp³-hybridized carbons (Fsp3) is 0.351. The number of phenols is 1. The average Bonchev–Trinajstić information content (AvgIpc) is 3.05. The minimum atomic E-state index is 0.0254. The minimum absolute atomic E-state index is 0.0254.